The van der Waals surface area contributed by atoms with Crippen molar-refractivity contribution in [3.63, 3.8) is 0 Å². The molecule has 1 aliphatic heterocycles. The van der Waals surface area contributed by atoms with Crippen LogP contribution in [-0.4, -0.2) is 11.6 Å². The van der Waals surface area contributed by atoms with Crippen LogP contribution in [0.25, 0.3) is 0 Å². The van der Waals surface area contributed by atoms with Crippen molar-refractivity contribution in [2.45, 2.75) is 59.0 Å². The first-order chi connectivity index (χ1) is 7.94. The highest BCUT2D eigenvalue weighted by Crippen LogP contribution is 2.45. The number of hydrogen-bond donors (Lipinski definition) is 0. The maximum absolute atomic E-state index is 11.7. The van der Waals surface area contributed by atoms with E-state index in [1.165, 1.54) is 11.1 Å². The van der Waals surface area contributed by atoms with E-state index in [0.717, 1.165) is 31.3 Å². The lowest BCUT2D eigenvalue weighted by atomic mass is 9.71. The van der Waals surface area contributed by atoms with E-state index in [1.807, 2.05) is 6.92 Å². The summed E-state index contributed by atoms with van der Waals surface area (Å²) in [6, 6.07) is 0. The molecule has 1 spiro atoms. The van der Waals surface area contributed by atoms with Crippen molar-refractivity contribution < 1.29 is 9.53 Å². The Labute approximate surface area is 104 Å². The zero-order valence-corrected chi connectivity index (χ0v) is 11.3. The Morgan fingerprint density at radius 2 is 2.06 bits per heavy atom. The summed E-state index contributed by atoms with van der Waals surface area (Å²) in [6.45, 7) is 8.63. The van der Waals surface area contributed by atoms with Crippen LogP contribution in [0.2, 0.25) is 0 Å². The van der Waals surface area contributed by atoms with E-state index in [-0.39, 0.29) is 11.6 Å². The van der Waals surface area contributed by atoms with Crippen LogP contribution in [0.3, 0.4) is 0 Å². The average Bonchev–Trinajstić information content (AvgIpc) is 2.13. The molecule has 2 nitrogen and oxygen atoms in total. The van der Waals surface area contributed by atoms with Gasteiger partial charge in [-0.05, 0) is 44.6 Å². The van der Waals surface area contributed by atoms with E-state index in [9.17, 15) is 4.79 Å². The number of allylic oxidation sites excluding steroid dienone is 1. The van der Waals surface area contributed by atoms with Crippen molar-refractivity contribution in [3.05, 3.63) is 22.8 Å². The van der Waals surface area contributed by atoms with Gasteiger partial charge >= 0.3 is 5.97 Å². The van der Waals surface area contributed by atoms with E-state index < -0.39 is 0 Å². The first kappa shape index (κ1) is 12.4. The van der Waals surface area contributed by atoms with Crippen molar-refractivity contribution in [1.29, 1.82) is 0 Å². The molecule has 0 aromatic rings. The van der Waals surface area contributed by atoms with Crippen molar-refractivity contribution in [3.8, 4) is 0 Å². The Hall–Kier alpha value is -1.05. The smallest absolute Gasteiger partial charge is 0.331 e. The molecule has 0 saturated carbocycles. The SMILES string of the molecule is CC1=CC(=O)O[C@]2(CCCC(C)=C2C(C)C)C1. The maximum atomic E-state index is 11.7. The lowest BCUT2D eigenvalue weighted by Crippen LogP contribution is -2.43. The first-order valence-electron chi connectivity index (χ1n) is 6.55. The molecule has 17 heavy (non-hydrogen) atoms. The van der Waals surface area contributed by atoms with E-state index in [2.05, 4.69) is 20.8 Å². The Bertz CT molecular complexity index is 401. The van der Waals surface area contributed by atoms with Gasteiger partial charge in [-0.3, -0.25) is 0 Å². The molecule has 1 aliphatic carbocycles. The Balaban J connectivity index is 2.45. The van der Waals surface area contributed by atoms with Gasteiger partial charge in [0.1, 0.15) is 5.60 Å². The maximum Gasteiger partial charge on any atom is 0.331 e. The van der Waals surface area contributed by atoms with Gasteiger partial charge in [-0.15, -0.1) is 0 Å². The summed E-state index contributed by atoms with van der Waals surface area (Å²) in [6.07, 6.45) is 5.77. The topological polar surface area (TPSA) is 26.3 Å². The van der Waals surface area contributed by atoms with E-state index in [0.29, 0.717) is 5.92 Å². The first-order valence-corrected chi connectivity index (χ1v) is 6.55. The molecular weight excluding hydrogens is 212 g/mol. The van der Waals surface area contributed by atoms with Crippen LogP contribution in [0.4, 0.5) is 0 Å². The molecule has 94 valence electrons. The van der Waals surface area contributed by atoms with Crippen LogP contribution in [0.5, 0.6) is 0 Å². The van der Waals surface area contributed by atoms with Gasteiger partial charge in [-0.25, -0.2) is 4.79 Å². The third-order valence-corrected chi connectivity index (χ3v) is 3.88. The number of rotatable bonds is 1. The molecule has 0 aromatic heterocycles. The third-order valence-electron chi connectivity index (χ3n) is 3.88. The minimum atomic E-state index is -0.327. The second kappa shape index (κ2) is 4.32. The fraction of sp³-hybridized carbons (Fsp3) is 0.667. The molecule has 0 unspecified atom stereocenters. The zero-order valence-electron chi connectivity index (χ0n) is 11.3. The largest absolute Gasteiger partial charge is 0.451 e. The summed E-state index contributed by atoms with van der Waals surface area (Å²) < 4.78 is 5.76. The van der Waals surface area contributed by atoms with Crippen LogP contribution in [0.1, 0.15) is 53.4 Å². The van der Waals surface area contributed by atoms with Crippen molar-refractivity contribution >= 4 is 5.97 Å². The highest BCUT2D eigenvalue weighted by Gasteiger charge is 2.43. The third kappa shape index (κ3) is 2.18. The Morgan fingerprint density at radius 3 is 2.65 bits per heavy atom. The number of carbonyl (C=O) groups is 1. The molecule has 2 aliphatic rings. The van der Waals surface area contributed by atoms with E-state index >= 15 is 0 Å². The number of hydrogen-bond acceptors (Lipinski definition) is 2. The summed E-state index contributed by atoms with van der Waals surface area (Å²) in [5.74, 6) is 0.288. The average molecular weight is 234 g/mol. The fourth-order valence-corrected chi connectivity index (χ4v) is 3.57. The molecule has 0 aromatic carbocycles. The molecule has 0 bridgehead atoms. The molecule has 1 atom stereocenters. The van der Waals surface area contributed by atoms with Crippen LogP contribution in [0.15, 0.2) is 22.8 Å². The Kier molecular flexibility index (Phi) is 3.15. The second-order valence-electron chi connectivity index (χ2n) is 5.79. The highest BCUT2D eigenvalue weighted by molar-refractivity contribution is 5.84. The van der Waals surface area contributed by atoms with Gasteiger partial charge in [-0.2, -0.15) is 0 Å². The molecule has 1 heterocycles. The minimum absolute atomic E-state index is 0.165. The molecule has 0 fully saturated rings. The second-order valence-corrected chi connectivity index (χ2v) is 5.79. The van der Waals surface area contributed by atoms with Crippen molar-refractivity contribution in [2.75, 3.05) is 0 Å². The molecule has 2 heteroatoms. The predicted octanol–water partition coefficient (Wildman–Crippen LogP) is 3.77. The van der Waals surface area contributed by atoms with Gasteiger partial charge in [0.2, 0.25) is 0 Å². The highest BCUT2D eigenvalue weighted by atomic mass is 16.6. The number of esters is 1. The summed E-state index contributed by atoms with van der Waals surface area (Å²) in [5, 5.41) is 0. The predicted molar refractivity (Wildman–Crippen MR) is 68.6 cm³/mol. The lowest BCUT2D eigenvalue weighted by molar-refractivity contribution is -0.153. The van der Waals surface area contributed by atoms with E-state index in [4.69, 9.17) is 4.74 Å². The Morgan fingerprint density at radius 1 is 1.35 bits per heavy atom. The monoisotopic (exact) mass is 234 g/mol. The van der Waals surface area contributed by atoms with Gasteiger partial charge < -0.3 is 4.74 Å². The molecular formula is C15H22O2. The standard InChI is InChI=1S/C15H22O2/c1-10(2)14-12(4)6-5-7-15(14)9-11(3)8-13(16)17-15/h8,10H,5-7,9H2,1-4H3/t15-/m1/s1. The summed E-state index contributed by atoms with van der Waals surface area (Å²) in [5.41, 5.74) is 3.61. The van der Waals surface area contributed by atoms with Crippen LogP contribution >= 0.6 is 0 Å². The van der Waals surface area contributed by atoms with Crippen LogP contribution in [0, 0.1) is 5.92 Å². The molecule has 2 rings (SSSR count). The quantitative estimate of drug-likeness (QED) is 0.510. The summed E-state index contributed by atoms with van der Waals surface area (Å²) >= 11 is 0. The van der Waals surface area contributed by atoms with Gasteiger partial charge in [0, 0.05) is 12.5 Å². The number of ether oxygens (including phenoxy) is 1. The zero-order chi connectivity index (χ0) is 12.6. The normalized spacial score (nSPS) is 29.7. The molecule has 0 radical (unpaired) electrons. The number of carbonyl (C=O) groups excluding carboxylic acids is 1. The van der Waals surface area contributed by atoms with Gasteiger partial charge in [-0.1, -0.05) is 25.0 Å². The van der Waals surface area contributed by atoms with Crippen LogP contribution < -0.4 is 0 Å². The summed E-state index contributed by atoms with van der Waals surface area (Å²) in [4.78, 5) is 11.7. The summed E-state index contributed by atoms with van der Waals surface area (Å²) in [7, 11) is 0. The minimum Gasteiger partial charge on any atom is -0.451 e. The van der Waals surface area contributed by atoms with Gasteiger partial charge in [0.25, 0.3) is 0 Å². The fourth-order valence-electron chi connectivity index (χ4n) is 3.57. The van der Waals surface area contributed by atoms with Crippen LogP contribution in [-0.2, 0) is 9.53 Å². The van der Waals surface area contributed by atoms with Gasteiger partial charge in [0.05, 0.1) is 0 Å². The van der Waals surface area contributed by atoms with Crippen molar-refractivity contribution in [2.24, 2.45) is 5.92 Å². The van der Waals surface area contributed by atoms with Gasteiger partial charge in [0.15, 0.2) is 0 Å². The molecule has 0 amide bonds. The molecule has 0 saturated heterocycles. The van der Waals surface area contributed by atoms with Crippen molar-refractivity contribution in [1.82, 2.24) is 0 Å². The lowest BCUT2D eigenvalue weighted by Gasteiger charge is -2.43. The van der Waals surface area contributed by atoms with E-state index in [1.54, 1.807) is 6.08 Å². The molecule has 0 N–H and O–H groups in total.